The van der Waals surface area contributed by atoms with Crippen LogP contribution in [0.1, 0.15) is 5.56 Å². The molecule has 14 heavy (non-hydrogen) atoms. The summed E-state index contributed by atoms with van der Waals surface area (Å²) >= 11 is 2.98. The first-order valence-electron chi connectivity index (χ1n) is 3.66. The van der Waals surface area contributed by atoms with Crippen LogP contribution in [0.5, 0.6) is 11.5 Å². The molecule has 6 heteroatoms. The molecule has 0 radical (unpaired) electrons. The van der Waals surface area contributed by atoms with Crippen LogP contribution in [0, 0.1) is 5.82 Å². The molecular formula is C8H4BrF3O2. The van der Waals surface area contributed by atoms with E-state index in [1.54, 1.807) is 0 Å². The van der Waals surface area contributed by atoms with Crippen molar-refractivity contribution in [2.45, 2.75) is 11.6 Å². The summed E-state index contributed by atoms with van der Waals surface area (Å²) < 4.78 is 46.6. The van der Waals surface area contributed by atoms with Crippen molar-refractivity contribution in [3.8, 4) is 11.5 Å². The van der Waals surface area contributed by atoms with Crippen molar-refractivity contribution >= 4 is 15.9 Å². The van der Waals surface area contributed by atoms with Crippen LogP contribution < -0.4 is 9.47 Å². The van der Waals surface area contributed by atoms with E-state index in [4.69, 9.17) is 0 Å². The summed E-state index contributed by atoms with van der Waals surface area (Å²) in [4.78, 5) is 0. The Balaban J connectivity index is 2.52. The number of hydrogen-bond donors (Lipinski definition) is 0. The van der Waals surface area contributed by atoms with E-state index >= 15 is 0 Å². The molecule has 0 saturated heterocycles. The molecule has 0 N–H and O–H groups in total. The summed E-state index contributed by atoms with van der Waals surface area (Å²) in [6, 6.07) is 2.16. The Bertz CT molecular complexity index is 381. The Morgan fingerprint density at radius 1 is 1.29 bits per heavy atom. The molecule has 1 aromatic carbocycles. The van der Waals surface area contributed by atoms with Gasteiger partial charge in [0.05, 0.1) is 0 Å². The Kier molecular flexibility index (Phi) is 2.10. The fraction of sp³-hybridized carbons (Fsp3) is 0.250. The maximum Gasteiger partial charge on any atom is 0.586 e. The summed E-state index contributed by atoms with van der Waals surface area (Å²) in [5, 5.41) is 0.0848. The van der Waals surface area contributed by atoms with Crippen molar-refractivity contribution in [1.29, 1.82) is 0 Å². The average Bonchev–Trinajstić information content (AvgIpc) is 2.39. The standard InChI is InChI=1S/C8H4BrF3O2/c9-3-4-5(10)1-2-6-7(4)14-8(11,12)13-6/h1-2H,3H2. The molecule has 2 rings (SSSR count). The molecule has 2 nitrogen and oxygen atoms in total. The lowest BCUT2D eigenvalue weighted by molar-refractivity contribution is -0.286. The van der Waals surface area contributed by atoms with Crippen LogP contribution in [0.4, 0.5) is 13.2 Å². The highest BCUT2D eigenvalue weighted by Gasteiger charge is 2.44. The highest BCUT2D eigenvalue weighted by atomic mass is 79.9. The second-order valence-electron chi connectivity index (χ2n) is 2.65. The number of ether oxygens (including phenoxy) is 2. The molecule has 1 aliphatic rings. The first-order valence-corrected chi connectivity index (χ1v) is 4.79. The zero-order valence-electron chi connectivity index (χ0n) is 6.69. The Hall–Kier alpha value is -0.910. The second-order valence-corrected chi connectivity index (χ2v) is 3.22. The lowest BCUT2D eigenvalue weighted by Crippen LogP contribution is -2.26. The van der Waals surface area contributed by atoms with Crippen molar-refractivity contribution in [2.24, 2.45) is 0 Å². The lowest BCUT2D eigenvalue weighted by atomic mass is 10.2. The van der Waals surface area contributed by atoms with Crippen LogP contribution in [0.15, 0.2) is 12.1 Å². The molecule has 0 fully saturated rings. The minimum absolute atomic E-state index is 0.0275. The van der Waals surface area contributed by atoms with E-state index in [2.05, 4.69) is 25.4 Å². The third kappa shape index (κ3) is 1.43. The molecule has 0 spiro atoms. The molecule has 0 bridgehead atoms. The Morgan fingerprint density at radius 3 is 2.64 bits per heavy atom. The second kappa shape index (κ2) is 3.05. The molecule has 0 atom stereocenters. The summed E-state index contributed by atoms with van der Waals surface area (Å²) in [6.07, 6.45) is -3.70. The molecule has 0 unspecified atom stereocenters. The van der Waals surface area contributed by atoms with Crippen molar-refractivity contribution in [1.82, 2.24) is 0 Å². The predicted octanol–water partition coefficient (Wildman–Crippen LogP) is 3.04. The lowest BCUT2D eigenvalue weighted by Gasteiger charge is -2.05. The molecule has 1 heterocycles. The van der Waals surface area contributed by atoms with Gasteiger partial charge in [0, 0.05) is 10.9 Å². The third-order valence-corrected chi connectivity index (χ3v) is 2.31. The normalized spacial score (nSPS) is 17.1. The van der Waals surface area contributed by atoms with E-state index in [9.17, 15) is 13.2 Å². The minimum Gasteiger partial charge on any atom is -0.395 e. The maximum absolute atomic E-state index is 13.1. The van der Waals surface area contributed by atoms with Crippen LogP contribution in [0.25, 0.3) is 0 Å². The quantitative estimate of drug-likeness (QED) is 0.729. The van der Waals surface area contributed by atoms with Gasteiger partial charge in [0.25, 0.3) is 0 Å². The largest absolute Gasteiger partial charge is 0.586 e. The molecule has 0 saturated carbocycles. The molecule has 0 aliphatic carbocycles. The number of alkyl halides is 3. The first-order chi connectivity index (χ1) is 6.53. The van der Waals surface area contributed by atoms with E-state index in [1.165, 1.54) is 0 Å². The highest BCUT2D eigenvalue weighted by Crippen LogP contribution is 2.44. The van der Waals surface area contributed by atoms with Gasteiger partial charge in [0.2, 0.25) is 0 Å². The van der Waals surface area contributed by atoms with E-state index < -0.39 is 12.1 Å². The van der Waals surface area contributed by atoms with Crippen LogP contribution >= 0.6 is 15.9 Å². The smallest absolute Gasteiger partial charge is 0.395 e. The number of fused-ring (bicyclic) bond motifs is 1. The fourth-order valence-electron chi connectivity index (χ4n) is 1.17. The average molecular weight is 269 g/mol. The van der Waals surface area contributed by atoms with E-state index in [0.717, 1.165) is 12.1 Å². The predicted molar refractivity (Wildman–Crippen MR) is 45.2 cm³/mol. The summed E-state index contributed by atoms with van der Waals surface area (Å²) in [5.41, 5.74) is 0.0275. The van der Waals surface area contributed by atoms with Crippen LogP contribution in [0.2, 0.25) is 0 Å². The highest BCUT2D eigenvalue weighted by molar-refractivity contribution is 9.08. The Morgan fingerprint density at radius 2 is 2.00 bits per heavy atom. The van der Waals surface area contributed by atoms with Crippen molar-refractivity contribution in [3.63, 3.8) is 0 Å². The molecule has 0 amide bonds. The van der Waals surface area contributed by atoms with Gasteiger partial charge in [-0.1, -0.05) is 15.9 Å². The molecule has 0 aromatic heterocycles. The Labute approximate surface area is 85.7 Å². The third-order valence-electron chi connectivity index (χ3n) is 1.75. The summed E-state index contributed by atoms with van der Waals surface area (Å²) in [5.74, 6) is -1.00. The number of benzene rings is 1. The molecule has 76 valence electrons. The first kappa shape index (κ1) is 9.64. The van der Waals surface area contributed by atoms with E-state index in [0.29, 0.717) is 0 Å². The van der Waals surface area contributed by atoms with Gasteiger partial charge < -0.3 is 9.47 Å². The maximum atomic E-state index is 13.1. The van der Waals surface area contributed by atoms with Gasteiger partial charge in [-0.3, -0.25) is 0 Å². The molecular weight excluding hydrogens is 265 g/mol. The van der Waals surface area contributed by atoms with Crippen LogP contribution in [-0.4, -0.2) is 6.29 Å². The number of hydrogen-bond acceptors (Lipinski definition) is 2. The zero-order valence-corrected chi connectivity index (χ0v) is 8.28. The van der Waals surface area contributed by atoms with Gasteiger partial charge in [0.15, 0.2) is 11.5 Å². The monoisotopic (exact) mass is 268 g/mol. The van der Waals surface area contributed by atoms with Crippen molar-refractivity contribution in [3.05, 3.63) is 23.5 Å². The fourth-order valence-corrected chi connectivity index (χ4v) is 1.69. The zero-order chi connectivity index (χ0) is 10.3. The van der Waals surface area contributed by atoms with Gasteiger partial charge in [-0.15, -0.1) is 8.78 Å². The summed E-state index contributed by atoms with van der Waals surface area (Å²) in [6.45, 7) is 0. The van der Waals surface area contributed by atoms with Gasteiger partial charge in [-0.2, -0.15) is 0 Å². The van der Waals surface area contributed by atoms with Gasteiger partial charge >= 0.3 is 6.29 Å². The van der Waals surface area contributed by atoms with Gasteiger partial charge in [-0.25, -0.2) is 4.39 Å². The van der Waals surface area contributed by atoms with Crippen molar-refractivity contribution in [2.75, 3.05) is 0 Å². The van der Waals surface area contributed by atoms with Crippen LogP contribution in [0.3, 0.4) is 0 Å². The number of halogens is 4. The van der Waals surface area contributed by atoms with Gasteiger partial charge in [-0.05, 0) is 12.1 Å². The van der Waals surface area contributed by atoms with Gasteiger partial charge in [0.1, 0.15) is 5.82 Å². The minimum atomic E-state index is -3.70. The van der Waals surface area contributed by atoms with E-state index in [1.807, 2.05) is 0 Å². The number of rotatable bonds is 1. The molecule has 1 aromatic rings. The van der Waals surface area contributed by atoms with Crippen molar-refractivity contribution < 1.29 is 22.6 Å². The molecule has 1 aliphatic heterocycles. The summed E-state index contributed by atoms with van der Waals surface area (Å²) in [7, 11) is 0. The van der Waals surface area contributed by atoms with E-state index in [-0.39, 0.29) is 22.4 Å². The SMILES string of the molecule is Fc1ccc2c(c1CBr)OC(F)(F)O2. The van der Waals surface area contributed by atoms with Crippen LogP contribution in [-0.2, 0) is 5.33 Å². The topological polar surface area (TPSA) is 18.5 Å².